The minimum absolute atomic E-state index is 0.174. The van der Waals surface area contributed by atoms with Crippen LogP contribution >= 0.6 is 15.9 Å². The van der Waals surface area contributed by atoms with Gasteiger partial charge in [-0.3, -0.25) is 5.84 Å². The van der Waals surface area contributed by atoms with Crippen LogP contribution in [0.15, 0.2) is 28.7 Å². The molecule has 0 aliphatic carbocycles. The fourth-order valence-electron chi connectivity index (χ4n) is 1.96. The van der Waals surface area contributed by atoms with E-state index in [4.69, 9.17) is 10.8 Å². The van der Waals surface area contributed by atoms with E-state index < -0.39 is 0 Å². The maximum Gasteiger partial charge on any atom is 0.0848 e. The number of hydrazine groups is 1. The van der Waals surface area contributed by atoms with Gasteiger partial charge in [0.25, 0.3) is 0 Å². The Balaban J connectivity index is 2.60. The largest absolute Gasteiger partial charge is 0.322 e. The lowest BCUT2D eigenvalue weighted by Crippen LogP contribution is -2.16. The first-order chi connectivity index (χ1) is 8.40. The number of pyridine rings is 1. The molecule has 0 unspecified atom stereocenters. The molecule has 3 nitrogen and oxygen atoms in total. The second-order valence-electron chi connectivity index (χ2n) is 5.68. The van der Waals surface area contributed by atoms with Crippen LogP contribution in [0.1, 0.15) is 26.5 Å². The minimum atomic E-state index is 0.174. The van der Waals surface area contributed by atoms with Crippen molar-refractivity contribution in [3.63, 3.8) is 0 Å². The van der Waals surface area contributed by atoms with Crippen molar-refractivity contribution in [1.82, 2.24) is 4.98 Å². The maximum atomic E-state index is 5.60. The zero-order valence-corrected chi connectivity index (χ0v) is 12.5. The number of halogens is 1. The van der Waals surface area contributed by atoms with Crippen LogP contribution in [-0.2, 0) is 6.42 Å². The lowest BCUT2D eigenvalue weighted by Gasteiger charge is -2.20. The molecular formula is C14H18BrN3. The molecule has 0 bridgehead atoms. The number of hydrogen-bond acceptors (Lipinski definition) is 3. The van der Waals surface area contributed by atoms with E-state index >= 15 is 0 Å². The zero-order valence-electron chi connectivity index (χ0n) is 10.9. The van der Waals surface area contributed by atoms with Gasteiger partial charge in [-0.1, -0.05) is 32.9 Å². The minimum Gasteiger partial charge on any atom is -0.322 e. The highest BCUT2D eigenvalue weighted by Gasteiger charge is 2.16. The van der Waals surface area contributed by atoms with Crippen LogP contribution in [-0.4, -0.2) is 4.98 Å². The Labute approximate surface area is 116 Å². The van der Waals surface area contributed by atoms with Crippen LogP contribution in [0.2, 0.25) is 0 Å². The molecule has 2 aromatic rings. The lowest BCUT2D eigenvalue weighted by molar-refractivity contribution is 0.407. The molecule has 18 heavy (non-hydrogen) atoms. The van der Waals surface area contributed by atoms with E-state index in [1.165, 1.54) is 0 Å². The molecule has 0 aliphatic rings. The van der Waals surface area contributed by atoms with E-state index in [9.17, 15) is 0 Å². The van der Waals surface area contributed by atoms with Crippen LogP contribution in [0, 0.1) is 5.41 Å². The number of nitrogens with zero attached hydrogens (tertiary/aromatic N) is 1. The zero-order chi connectivity index (χ0) is 13.3. The molecule has 1 heterocycles. The van der Waals surface area contributed by atoms with Crippen molar-refractivity contribution in [2.45, 2.75) is 27.2 Å². The molecule has 0 saturated carbocycles. The van der Waals surface area contributed by atoms with Crippen LogP contribution in [0.3, 0.4) is 0 Å². The number of aromatic nitrogens is 1. The van der Waals surface area contributed by atoms with E-state index in [0.717, 1.165) is 33.2 Å². The fraction of sp³-hybridized carbons (Fsp3) is 0.357. The summed E-state index contributed by atoms with van der Waals surface area (Å²) in [6.45, 7) is 6.58. The molecule has 0 fully saturated rings. The standard InChI is InChI=1S/C14H18BrN3/c1-14(2,3)8-12-11(18-16)7-9-5-4-6-10(15)13(9)17-12/h4-7,18H,8,16H2,1-3H3. The molecule has 96 valence electrons. The van der Waals surface area contributed by atoms with Gasteiger partial charge in [-0.2, -0.15) is 0 Å². The van der Waals surface area contributed by atoms with Crippen LogP contribution < -0.4 is 11.3 Å². The van der Waals surface area contributed by atoms with Gasteiger partial charge in [-0.15, -0.1) is 0 Å². The Kier molecular flexibility index (Phi) is 3.59. The molecule has 0 amide bonds. The van der Waals surface area contributed by atoms with Crippen LogP contribution in [0.5, 0.6) is 0 Å². The highest BCUT2D eigenvalue weighted by atomic mass is 79.9. The van der Waals surface area contributed by atoms with Gasteiger partial charge in [-0.05, 0) is 39.9 Å². The SMILES string of the molecule is CC(C)(C)Cc1nc2c(Br)cccc2cc1NN. The first kappa shape index (κ1) is 13.3. The van der Waals surface area contributed by atoms with Crippen molar-refractivity contribution in [3.8, 4) is 0 Å². The van der Waals surface area contributed by atoms with E-state index in [1.807, 2.05) is 24.3 Å². The first-order valence-electron chi connectivity index (χ1n) is 5.95. The quantitative estimate of drug-likeness (QED) is 0.654. The molecular weight excluding hydrogens is 290 g/mol. The molecule has 0 radical (unpaired) electrons. The predicted octanol–water partition coefficient (Wildman–Crippen LogP) is 3.87. The van der Waals surface area contributed by atoms with Crippen molar-refractivity contribution in [3.05, 3.63) is 34.4 Å². The van der Waals surface area contributed by atoms with Gasteiger partial charge in [0.2, 0.25) is 0 Å². The second-order valence-corrected chi connectivity index (χ2v) is 6.53. The number of nitrogens with two attached hydrogens (primary N) is 1. The first-order valence-corrected chi connectivity index (χ1v) is 6.75. The number of hydrogen-bond donors (Lipinski definition) is 2. The molecule has 0 aliphatic heterocycles. The number of nitrogen functional groups attached to an aromatic ring is 1. The maximum absolute atomic E-state index is 5.60. The number of benzene rings is 1. The van der Waals surface area contributed by atoms with Gasteiger partial charge < -0.3 is 5.43 Å². The summed E-state index contributed by atoms with van der Waals surface area (Å²) in [6.07, 6.45) is 0.879. The highest BCUT2D eigenvalue weighted by Crippen LogP contribution is 2.29. The van der Waals surface area contributed by atoms with Crippen molar-refractivity contribution < 1.29 is 0 Å². The third-order valence-corrected chi connectivity index (χ3v) is 3.37. The van der Waals surface area contributed by atoms with Crippen LogP contribution in [0.4, 0.5) is 5.69 Å². The monoisotopic (exact) mass is 307 g/mol. The van der Waals surface area contributed by atoms with E-state index in [0.29, 0.717) is 0 Å². The summed E-state index contributed by atoms with van der Waals surface area (Å²) < 4.78 is 1.01. The average molecular weight is 308 g/mol. The van der Waals surface area contributed by atoms with Gasteiger partial charge in [0.1, 0.15) is 0 Å². The number of anilines is 1. The molecule has 2 rings (SSSR count). The second kappa shape index (κ2) is 4.86. The molecule has 3 N–H and O–H groups in total. The van der Waals surface area contributed by atoms with Gasteiger partial charge in [0.05, 0.1) is 16.9 Å². The van der Waals surface area contributed by atoms with E-state index in [-0.39, 0.29) is 5.41 Å². The summed E-state index contributed by atoms with van der Waals surface area (Å²) in [5.41, 5.74) is 5.81. The molecule has 0 spiro atoms. The summed E-state index contributed by atoms with van der Waals surface area (Å²) in [7, 11) is 0. The summed E-state index contributed by atoms with van der Waals surface area (Å²) in [6, 6.07) is 8.09. The van der Waals surface area contributed by atoms with Gasteiger partial charge in [0.15, 0.2) is 0 Å². The molecule has 1 aromatic carbocycles. The summed E-state index contributed by atoms with van der Waals surface area (Å²) in [4.78, 5) is 4.74. The third kappa shape index (κ3) is 2.82. The van der Waals surface area contributed by atoms with Crippen molar-refractivity contribution in [2.75, 3.05) is 5.43 Å². The van der Waals surface area contributed by atoms with Crippen molar-refractivity contribution >= 4 is 32.5 Å². The van der Waals surface area contributed by atoms with Crippen LogP contribution in [0.25, 0.3) is 10.9 Å². The number of nitrogens with one attached hydrogen (secondary N) is 1. The third-order valence-electron chi connectivity index (χ3n) is 2.73. The Morgan fingerprint density at radius 1 is 1.33 bits per heavy atom. The Morgan fingerprint density at radius 3 is 2.67 bits per heavy atom. The van der Waals surface area contributed by atoms with Crippen molar-refractivity contribution in [1.29, 1.82) is 0 Å². The summed E-state index contributed by atoms with van der Waals surface area (Å²) >= 11 is 3.54. The van der Waals surface area contributed by atoms with Gasteiger partial charge in [0, 0.05) is 9.86 Å². The average Bonchev–Trinajstić information content (AvgIpc) is 2.27. The number of rotatable bonds is 2. The summed E-state index contributed by atoms with van der Waals surface area (Å²) in [5, 5.41) is 1.08. The molecule has 0 atom stereocenters. The lowest BCUT2D eigenvalue weighted by atomic mass is 9.89. The highest BCUT2D eigenvalue weighted by molar-refractivity contribution is 9.10. The fourth-order valence-corrected chi connectivity index (χ4v) is 2.43. The van der Waals surface area contributed by atoms with Gasteiger partial charge >= 0.3 is 0 Å². The van der Waals surface area contributed by atoms with E-state index in [1.54, 1.807) is 0 Å². The molecule has 0 saturated heterocycles. The Bertz CT molecular complexity index is 573. The number of fused-ring (bicyclic) bond motifs is 1. The predicted molar refractivity (Wildman–Crippen MR) is 80.4 cm³/mol. The topological polar surface area (TPSA) is 50.9 Å². The molecule has 4 heteroatoms. The number of para-hydroxylation sites is 1. The van der Waals surface area contributed by atoms with E-state index in [2.05, 4.69) is 42.1 Å². The van der Waals surface area contributed by atoms with Crippen molar-refractivity contribution in [2.24, 2.45) is 11.3 Å². The normalized spacial score (nSPS) is 11.8. The smallest absolute Gasteiger partial charge is 0.0848 e. The molecule has 1 aromatic heterocycles. The van der Waals surface area contributed by atoms with Gasteiger partial charge in [-0.25, -0.2) is 4.98 Å². The Hall–Kier alpha value is -1.13. The summed E-state index contributed by atoms with van der Waals surface area (Å²) in [5.74, 6) is 5.60. The Morgan fingerprint density at radius 2 is 2.06 bits per heavy atom.